The maximum Gasteiger partial charge on any atom is 0.268 e. The molecule has 2 atom stereocenters. The summed E-state index contributed by atoms with van der Waals surface area (Å²) in [4.78, 5) is 34.7. The number of rotatable bonds is 5. The third-order valence-corrected chi connectivity index (χ3v) is 3.74. The number of hydrogen-bond donors (Lipinski definition) is 4. The molecular formula is C21H22N2O5. The first-order valence-corrected chi connectivity index (χ1v) is 8.05. The Morgan fingerprint density at radius 2 is 1.71 bits per heavy atom. The van der Waals surface area contributed by atoms with E-state index in [0.29, 0.717) is 16.7 Å². The number of nitrogens with one attached hydrogen (secondary N) is 2. The fraction of sp³-hybridized carbons (Fsp3) is 0.190. The lowest BCUT2D eigenvalue weighted by atomic mass is 10.1. The standard InChI is InChI=1S/C20H18N2O5.CH4/c1-13(24)18(20(26)22-27)21-19(25)16-10-7-14(8-11-16)6-9-15-4-2-3-5-17(15)12-23;/h2-5,7-8,10-13,18,24,27H,1H3,(H,21,25)(H,22,26);1H4/t13-,18+;/m1./s1. The van der Waals surface area contributed by atoms with Crippen LogP contribution in [0.5, 0.6) is 0 Å². The monoisotopic (exact) mass is 382 g/mol. The molecule has 0 saturated heterocycles. The van der Waals surface area contributed by atoms with E-state index in [4.69, 9.17) is 5.21 Å². The minimum absolute atomic E-state index is 0. The van der Waals surface area contributed by atoms with Crippen LogP contribution in [-0.4, -0.2) is 40.6 Å². The summed E-state index contributed by atoms with van der Waals surface area (Å²) in [6.45, 7) is 1.32. The van der Waals surface area contributed by atoms with Crippen LogP contribution in [0.4, 0.5) is 0 Å². The second kappa shape index (κ2) is 10.6. The molecule has 0 radical (unpaired) electrons. The van der Waals surface area contributed by atoms with Crippen LogP contribution in [0.2, 0.25) is 0 Å². The summed E-state index contributed by atoms with van der Waals surface area (Å²) in [5.74, 6) is 4.30. The van der Waals surface area contributed by atoms with Gasteiger partial charge in [-0.1, -0.05) is 37.5 Å². The van der Waals surface area contributed by atoms with Gasteiger partial charge in [-0.25, -0.2) is 5.48 Å². The van der Waals surface area contributed by atoms with Crippen molar-refractivity contribution in [3.05, 3.63) is 70.8 Å². The highest BCUT2D eigenvalue weighted by molar-refractivity contribution is 5.97. The average molecular weight is 382 g/mol. The van der Waals surface area contributed by atoms with Gasteiger partial charge in [-0.15, -0.1) is 0 Å². The summed E-state index contributed by atoms with van der Waals surface area (Å²) < 4.78 is 0. The van der Waals surface area contributed by atoms with E-state index >= 15 is 0 Å². The molecule has 7 nitrogen and oxygen atoms in total. The topological polar surface area (TPSA) is 116 Å². The maximum absolute atomic E-state index is 12.2. The predicted octanol–water partition coefficient (Wildman–Crippen LogP) is 1.52. The SMILES string of the molecule is C.C[C@@H](O)[C@H](NC(=O)c1ccc(C#Cc2ccccc2C=O)cc1)C(=O)NO. The van der Waals surface area contributed by atoms with Crippen LogP contribution < -0.4 is 10.8 Å². The van der Waals surface area contributed by atoms with Gasteiger partial charge >= 0.3 is 0 Å². The number of carbonyl (C=O) groups excluding carboxylic acids is 3. The number of aldehydes is 1. The lowest BCUT2D eigenvalue weighted by molar-refractivity contribution is -0.133. The number of amides is 2. The molecule has 0 heterocycles. The molecule has 28 heavy (non-hydrogen) atoms. The Hall–Kier alpha value is -3.47. The third-order valence-electron chi connectivity index (χ3n) is 3.74. The van der Waals surface area contributed by atoms with Crippen molar-refractivity contribution >= 4 is 18.1 Å². The molecular weight excluding hydrogens is 360 g/mol. The summed E-state index contributed by atoms with van der Waals surface area (Å²) in [5.41, 5.74) is 3.38. The van der Waals surface area contributed by atoms with Crippen LogP contribution >= 0.6 is 0 Å². The van der Waals surface area contributed by atoms with Crippen LogP contribution in [0.25, 0.3) is 0 Å². The fourth-order valence-electron chi connectivity index (χ4n) is 2.26. The molecule has 0 aromatic heterocycles. The molecule has 2 aromatic rings. The van der Waals surface area contributed by atoms with Gasteiger partial charge in [0.05, 0.1) is 6.10 Å². The largest absolute Gasteiger partial charge is 0.391 e. The molecule has 7 heteroatoms. The zero-order valence-electron chi connectivity index (χ0n) is 14.5. The van der Waals surface area contributed by atoms with Crippen molar-refractivity contribution in [3.8, 4) is 11.8 Å². The first-order chi connectivity index (χ1) is 13.0. The van der Waals surface area contributed by atoms with Crippen LogP contribution in [0, 0.1) is 11.8 Å². The highest BCUT2D eigenvalue weighted by atomic mass is 16.5. The maximum atomic E-state index is 12.2. The van der Waals surface area contributed by atoms with Crippen LogP contribution in [0.15, 0.2) is 48.5 Å². The molecule has 0 unspecified atom stereocenters. The number of hydroxylamine groups is 1. The average Bonchev–Trinajstić information content (AvgIpc) is 2.70. The van der Waals surface area contributed by atoms with Gasteiger partial charge in [0.2, 0.25) is 0 Å². The highest BCUT2D eigenvalue weighted by Crippen LogP contribution is 2.07. The Kier molecular flexibility index (Phi) is 8.56. The van der Waals surface area contributed by atoms with E-state index in [1.54, 1.807) is 36.4 Å². The number of carbonyl (C=O) groups is 3. The van der Waals surface area contributed by atoms with Crippen molar-refractivity contribution in [2.45, 2.75) is 26.5 Å². The molecule has 2 rings (SSSR count). The molecule has 0 aliphatic heterocycles. The van der Waals surface area contributed by atoms with Gasteiger partial charge in [0.1, 0.15) is 6.04 Å². The Morgan fingerprint density at radius 1 is 1.07 bits per heavy atom. The summed E-state index contributed by atoms with van der Waals surface area (Å²) in [7, 11) is 0. The Morgan fingerprint density at radius 3 is 2.29 bits per heavy atom. The minimum atomic E-state index is -1.29. The predicted molar refractivity (Wildman–Crippen MR) is 104 cm³/mol. The van der Waals surface area contributed by atoms with Crippen LogP contribution in [-0.2, 0) is 4.79 Å². The van der Waals surface area contributed by atoms with Crippen LogP contribution in [0.3, 0.4) is 0 Å². The molecule has 0 fully saturated rings. The molecule has 0 aliphatic carbocycles. The Labute approximate surface area is 163 Å². The highest BCUT2D eigenvalue weighted by Gasteiger charge is 2.25. The first-order valence-electron chi connectivity index (χ1n) is 8.05. The molecule has 0 bridgehead atoms. The third kappa shape index (κ3) is 5.77. The molecule has 2 amide bonds. The van der Waals surface area contributed by atoms with E-state index in [-0.39, 0.29) is 13.0 Å². The summed E-state index contributed by atoms with van der Waals surface area (Å²) >= 11 is 0. The van der Waals surface area contributed by atoms with Gasteiger partial charge < -0.3 is 10.4 Å². The van der Waals surface area contributed by atoms with Crippen molar-refractivity contribution in [3.63, 3.8) is 0 Å². The van der Waals surface area contributed by atoms with Gasteiger partial charge in [-0.05, 0) is 37.3 Å². The number of aliphatic hydroxyl groups excluding tert-OH is 1. The van der Waals surface area contributed by atoms with E-state index in [1.807, 2.05) is 0 Å². The fourth-order valence-corrected chi connectivity index (χ4v) is 2.26. The van der Waals surface area contributed by atoms with Crippen molar-refractivity contribution in [1.29, 1.82) is 0 Å². The molecule has 0 aliphatic rings. The summed E-state index contributed by atoms with van der Waals surface area (Å²) in [6, 6.07) is 11.9. The van der Waals surface area contributed by atoms with Gasteiger partial charge in [0.25, 0.3) is 11.8 Å². The van der Waals surface area contributed by atoms with Crippen molar-refractivity contribution in [2.75, 3.05) is 0 Å². The van der Waals surface area contributed by atoms with E-state index in [2.05, 4.69) is 17.2 Å². The summed E-state index contributed by atoms with van der Waals surface area (Å²) in [6.07, 6.45) is -0.456. The van der Waals surface area contributed by atoms with Crippen molar-refractivity contribution in [1.82, 2.24) is 10.8 Å². The van der Waals surface area contributed by atoms with Crippen LogP contribution in [0.1, 0.15) is 46.2 Å². The second-order valence-corrected chi connectivity index (χ2v) is 5.70. The number of aliphatic hydroxyl groups is 1. The second-order valence-electron chi connectivity index (χ2n) is 5.70. The van der Waals surface area contributed by atoms with E-state index in [1.165, 1.54) is 24.5 Å². The Bertz CT molecular complexity index is 895. The lowest BCUT2D eigenvalue weighted by Gasteiger charge is -2.19. The molecule has 0 saturated carbocycles. The normalized spacial score (nSPS) is 11.7. The zero-order chi connectivity index (χ0) is 19.8. The first kappa shape index (κ1) is 22.6. The van der Waals surface area contributed by atoms with Crippen molar-refractivity contribution in [2.24, 2.45) is 0 Å². The van der Waals surface area contributed by atoms with E-state index in [0.717, 1.165) is 6.29 Å². The quantitative estimate of drug-likeness (QED) is 0.271. The van der Waals surface area contributed by atoms with Gasteiger partial charge in [0.15, 0.2) is 6.29 Å². The van der Waals surface area contributed by atoms with Gasteiger partial charge in [-0.2, -0.15) is 0 Å². The summed E-state index contributed by atoms with van der Waals surface area (Å²) in [5, 5.41) is 20.6. The number of hydrogen-bond acceptors (Lipinski definition) is 5. The Balaban J connectivity index is 0.00000392. The molecule has 4 N–H and O–H groups in total. The molecule has 0 spiro atoms. The van der Waals surface area contributed by atoms with Gasteiger partial charge in [-0.3, -0.25) is 19.6 Å². The smallest absolute Gasteiger partial charge is 0.268 e. The lowest BCUT2D eigenvalue weighted by Crippen LogP contribution is -2.51. The van der Waals surface area contributed by atoms with Gasteiger partial charge in [0, 0.05) is 22.3 Å². The molecule has 146 valence electrons. The minimum Gasteiger partial charge on any atom is -0.391 e. The van der Waals surface area contributed by atoms with E-state index < -0.39 is 24.0 Å². The number of benzene rings is 2. The van der Waals surface area contributed by atoms with E-state index in [9.17, 15) is 19.5 Å². The zero-order valence-corrected chi connectivity index (χ0v) is 14.5. The molecule has 2 aromatic carbocycles. The van der Waals surface area contributed by atoms with Crippen molar-refractivity contribution < 1.29 is 24.7 Å².